The summed E-state index contributed by atoms with van der Waals surface area (Å²) in [6.45, 7) is 6.37. The molecule has 0 atom stereocenters. The van der Waals surface area contributed by atoms with Crippen molar-refractivity contribution >= 4 is 40.1 Å². The molecule has 0 unspecified atom stereocenters. The third kappa shape index (κ3) is 3.86. The fourth-order valence-electron chi connectivity index (χ4n) is 3.52. The van der Waals surface area contributed by atoms with Crippen molar-refractivity contribution in [2.24, 2.45) is 0 Å². The van der Waals surface area contributed by atoms with E-state index in [-0.39, 0.29) is 22.9 Å². The van der Waals surface area contributed by atoms with Crippen LogP contribution >= 0.6 is 11.3 Å². The number of rotatable bonds is 5. The molecule has 1 aromatic heterocycles. The first-order chi connectivity index (χ1) is 14.8. The number of hydrogen-bond acceptors (Lipinski definition) is 5. The molecule has 31 heavy (non-hydrogen) atoms. The summed E-state index contributed by atoms with van der Waals surface area (Å²) in [7, 11) is 1.57. The van der Waals surface area contributed by atoms with Gasteiger partial charge in [-0.2, -0.15) is 0 Å². The maximum atomic E-state index is 13.5. The lowest BCUT2D eigenvalue weighted by molar-refractivity contribution is -0.120. The minimum atomic E-state index is -0.386. The van der Waals surface area contributed by atoms with Crippen molar-refractivity contribution in [2.45, 2.75) is 26.2 Å². The Hall–Kier alpha value is -3.38. The van der Waals surface area contributed by atoms with E-state index in [4.69, 9.17) is 4.74 Å². The zero-order valence-electron chi connectivity index (χ0n) is 17.9. The van der Waals surface area contributed by atoms with Gasteiger partial charge < -0.3 is 10.1 Å². The summed E-state index contributed by atoms with van der Waals surface area (Å²) in [6, 6.07) is 18.6. The fourth-order valence-corrected chi connectivity index (χ4v) is 4.29. The van der Waals surface area contributed by atoms with Gasteiger partial charge in [-0.3, -0.25) is 9.59 Å². The van der Waals surface area contributed by atoms with Gasteiger partial charge in [0.25, 0.3) is 11.8 Å². The van der Waals surface area contributed by atoms with Crippen molar-refractivity contribution in [1.82, 2.24) is 0 Å². The standard InChI is InChI=1S/C25H24N2O3S/c1-25(2,3)16-11-13-17(14-12-16)27-23(28)21(20-10-7-15-31-20)22(24(27)29)26-18-8-5-6-9-19(18)30-4/h5-15,26H,1-4H3. The first-order valence-corrected chi connectivity index (χ1v) is 10.9. The highest BCUT2D eigenvalue weighted by atomic mass is 32.1. The molecule has 0 saturated carbocycles. The Balaban J connectivity index is 1.76. The number of carbonyl (C=O) groups is 2. The van der Waals surface area contributed by atoms with Crippen molar-refractivity contribution < 1.29 is 14.3 Å². The van der Waals surface area contributed by atoms with Crippen molar-refractivity contribution in [3.63, 3.8) is 0 Å². The predicted molar refractivity (Wildman–Crippen MR) is 125 cm³/mol. The average molecular weight is 433 g/mol. The Labute approximate surface area is 186 Å². The molecule has 1 aliphatic rings. The molecular formula is C25H24N2O3S. The second-order valence-electron chi connectivity index (χ2n) is 8.30. The van der Waals surface area contributed by atoms with E-state index >= 15 is 0 Å². The van der Waals surface area contributed by atoms with Crippen LogP contribution < -0.4 is 15.0 Å². The maximum Gasteiger partial charge on any atom is 0.282 e. The van der Waals surface area contributed by atoms with E-state index in [9.17, 15) is 9.59 Å². The second-order valence-corrected chi connectivity index (χ2v) is 9.24. The monoisotopic (exact) mass is 432 g/mol. The smallest absolute Gasteiger partial charge is 0.282 e. The number of anilines is 2. The van der Waals surface area contributed by atoms with Gasteiger partial charge in [0, 0.05) is 4.88 Å². The lowest BCUT2D eigenvalue weighted by Crippen LogP contribution is -2.32. The van der Waals surface area contributed by atoms with Gasteiger partial charge in [0.15, 0.2) is 0 Å². The highest BCUT2D eigenvalue weighted by Gasteiger charge is 2.41. The molecule has 1 N–H and O–H groups in total. The highest BCUT2D eigenvalue weighted by molar-refractivity contribution is 7.11. The molecule has 158 valence electrons. The molecule has 0 spiro atoms. The van der Waals surface area contributed by atoms with Crippen LogP contribution in [0.2, 0.25) is 0 Å². The van der Waals surface area contributed by atoms with E-state index in [1.54, 1.807) is 13.2 Å². The maximum absolute atomic E-state index is 13.5. The average Bonchev–Trinajstić information content (AvgIpc) is 3.35. The van der Waals surface area contributed by atoms with E-state index in [2.05, 4.69) is 26.1 Å². The van der Waals surface area contributed by atoms with Crippen molar-refractivity contribution in [3.8, 4) is 5.75 Å². The summed E-state index contributed by atoms with van der Waals surface area (Å²) in [5, 5.41) is 5.05. The summed E-state index contributed by atoms with van der Waals surface area (Å²) < 4.78 is 5.41. The number of thiophene rings is 1. The lowest BCUT2D eigenvalue weighted by atomic mass is 9.87. The lowest BCUT2D eigenvalue weighted by Gasteiger charge is -2.21. The van der Waals surface area contributed by atoms with E-state index in [0.29, 0.717) is 22.7 Å². The summed E-state index contributed by atoms with van der Waals surface area (Å²) in [5.74, 6) is -0.134. The molecule has 5 nitrogen and oxygen atoms in total. The third-order valence-corrected chi connectivity index (χ3v) is 6.10. The van der Waals surface area contributed by atoms with Gasteiger partial charge in [-0.15, -0.1) is 11.3 Å². The minimum Gasteiger partial charge on any atom is -0.495 e. The zero-order chi connectivity index (χ0) is 22.2. The molecule has 0 bridgehead atoms. The van der Waals surface area contributed by atoms with Crippen LogP contribution in [-0.2, 0) is 15.0 Å². The largest absolute Gasteiger partial charge is 0.495 e. The van der Waals surface area contributed by atoms with Crippen LogP contribution in [0.3, 0.4) is 0 Å². The molecule has 2 heterocycles. The van der Waals surface area contributed by atoms with E-state index < -0.39 is 0 Å². The Bertz CT molecular complexity index is 1160. The molecule has 1 aliphatic heterocycles. The number of carbonyl (C=O) groups excluding carboxylic acids is 2. The van der Waals surface area contributed by atoms with E-state index in [0.717, 1.165) is 10.4 Å². The van der Waals surface area contributed by atoms with Gasteiger partial charge in [0.05, 0.1) is 24.1 Å². The number of nitrogens with zero attached hydrogens (tertiary/aromatic N) is 1. The Morgan fingerprint density at radius 1 is 0.903 bits per heavy atom. The first kappa shape index (κ1) is 20.9. The van der Waals surface area contributed by atoms with Gasteiger partial charge in [0.2, 0.25) is 0 Å². The quantitative estimate of drug-likeness (QED) is 0.545. The number of hydrogen-bond donors (Lipinski definition) is 1. The van der Waals surface area contributed by atoms with Crippen LogP contribution in [-0.4, -0.2) is 18.9 Å². The van der Waals surface area contributed by atoms with Crippen LogP contribution in [0.25, 0.3) is 5.57 Å². The molecule has 2 amide bonds. The minimum absolute atomic E-state index is 0.0193. The van der Waals surface area contributed by atoms with Gasteiger partial charge in [-0.05, 0) is 46.7 Å². The Kier molecular flexibility index (Phi) is 5.41. The molecule has 3 aromatic rings. The Morgan fingerprint density at radius 2 is 1.61 bits per heavy atom. The molecule has 0 aliphatic carbocycles. The summed E-state index contributed by atoms with van der Waals surface area (Å²) in [6.07, 6.45) is 0. The zero-order valence-corrected chi connectivity index (χ0v) is 18.7. The number of imide groups is 1. The van der Waals surface area contributed by atoms with Crippen LogP contribution in [0.15, 0.2) is 71.7 Å². The van der Waals surface area contributed by atoms with Crippen LogP contribution in [0, 0.1) is 0 Å². The number of para-hydroxylation sites is 2. The number of nitrogens with one attached hydrogen (secondary N) is 1. The van der Waals surface area contributed by atoms with E-state index in [1.807, 2.05) is 60.0 Å². The molecule has 6 heteroatoms. The number of benzene rings is 2. The molecule has 0 saturated heterocycles. The van der Waals surface area contributed by atoms with E-state index in [1.165, 1.54) is 16.2 Å². The number of methoxy groups -OCH3 is 1. The van der Waals surface area contributed by atoms with Gasteiger partial charge >= 0.3 is 0 Å². The van der Waals surface area contributed by atoms with Crippen molar-refractivity contribution in [3.05, 3.63) is 82.2 Å². The number of amides is 2. The summed E-state index contributed by atoms with van der Waals surface area (Å²) >= 11 is 1.42. The SMILES string of the molecule is COc1ccccc1NC1=C(c2cccs2)C(=O)N(c2ccc(C(C)(C)C)cc2)C1=O. The summed E-state index contributed by atoms with van der Waals surface area (Å²) in [5.41, 5.74) is 2.90. The van der Waals surface area contributed by atoms with Gasteiger partial charge in [0.1, 0.15) is 11.4 Å². The first-order valence-electron chi connectivity index (χ1n) is 9.99. The van der Waals surface area contributed by atoms with Gasteiger partial charge in [-0.25, -0.2) is 4.90 Å². The van der Waals surface area contributed by atoms with Crippen molar-refractivity contribution in [2.75, 3.05) is 17.3 Å². The molecular weight excluding hydrogens is 408 g/mol. The van der Waals surface area contributed by atoms with Crippen molar-refractivity contribution in [1.29, 1.82) is 0 Å². The Morgan fingerprint density at radius 3 is 2.23 bits per heavy atom. The topological polar surface area (TPSA) is 58.6 Å². The molecule has 0 radical (unpaired) electrons. The molecule has 0 fully saturated rings. The van der Waals surface area contributed by atoms with Gasteiger partial charge in [-0.1, -0.05) is 51.1 Å². The molecule has 4 rings (SSSR count). The molecule has 2 aromatic carbocycles. The second kappa shape index (κ2) is 8.04. The predicted octanol–water partition coefficient (Wildman–Crippen LogP) is 5.45. The van der Waals surface area contributed by atoms with Crippen LogP contribution in [0.1, 0.15) is 31.2 Å². The summed E-state index contributed by atoms with van der Waals surface area (Å²) in [4.78, 5) is 28.9. The fraction of sp³-hybridized carbons (Fsp3) is 0.200. The third-order valence-electron chi connectivity index (χ3n) is 5.21. The number of ether oxygens (including phenoxy) is 1. The van der Waals surface area contributed by atoms with Crippen LogP contribution in [0.4, 0.5) is 11.4 Å². The van der Waals surface area contributed by atoms with Crippen LogP contribution in [0.5, 0.6) is 5.75 Å². The normalized spacial score (nSPS) is 14.4. The highest BCUT2D eigenvalue weighted by Crippen LogP contribution is 2.37.